The predicted octanol–water partition coefficient (Wildman–Crippen LogP) is 0.962. The van der Waals surface area contributed by atoms with E-state index in [1.165, 1.54) is 22.2 Å². The average molecular weight is 320 g/mol. The van der Waals surface area contributed by atoms with Gasteiger partial charge < -0.3 is 10.6 Å². The van der Waals surface area contributed by atoms with Crippen molar-refractivity contribution in [2.75, 3.05) is 13.1 Å². The van der Waals surface area contributed by atoms with E-state index in [4.69, 9.17) is 0 Å². The van der Waals surface area contributed by atoms with Crippen molar-refractivity contribution < 1.29 is 4.79 Å². The normalized spacial score (nSPS) is 21.9. The van der Waals surface area contributed by atoms with E-state index in [1.54, 1.807) is 6.07 Å². The standard InChI is InChI=1S/C15H20N4O2S/c1-10-2-5-16-8-12(10)18-13(20)3-6-19-9-17-14-11(15(19)21)4-7-22-14/h4,7,9-10,12,16H,2-3,5-6,8H2,1H3,(H,18,20). The summed E-state index contributed by atoms with van der Waals surface area (Å²) in [7, 11) is 0. The van der Waals surface area contributed by atoms with Crippen molar-refractivity contribution in [2.45, 2.75) is 32.4 Å². The van der Waals surface area contributed by atoms with Crippen molar-refractivity contribution in [1.82, 2.24) is 20.2 Å². The van der Waals surface area contributed by atoms with Gasteiger partial charge in [0.25, 0.3) is 5.56 Å². The van der Waals surface area contributed by atoms with Gasteiger partial charge in [-0.1, -0.05) is 6.92 Å². The molecule has 7 heteroatoms. The van der Waals surface area contributed by atoms with Gasteiger partial charge in [-0.2, -0.15) is 0 Å². The van der Waals surface area contributed by atoms with Crippen LogP contribution in [0, 0.1) is 5.92 Å². The molecule has 3 rings (SSSR count). The van der Waals surface area contributed by atoms with Crippen molar-refractivity contribution in [3.63, 3.8) is 0 Å². The molecule has 0 saturated carbocycles. The fourth-order valence-electron chi connectivity index (χ4n) is 2.74. The second kappa shape index (κ2) is 6.58. The highest BCUT2D eigenvalue weighted by molar-refractivity contribution is 7.16. The number of amides is 1. The molecule has 1 aliphatic rings. The van der Waals surface area contributed by atoms with Gasteiger partial charge in [0.2, 0.25) is 5.91 Å². The first-order chi connectivity index (χ1) is 10.6. The van der Waals surface area contributed by atoms with Crippen LogP contribution in [-0.2, 0) is 11.3 Å². The highest BCUT2D eigenvalue weighted by Crippen LogP contribution is 2.13. The van der Waals surface area contributed by atoms with Gasteiger partial charge in [0.05, 0.1) is 11.7 Å². The predicted molar refractivity (Wildman–Crippen MR) is 87.1 cm³/mol. The quantitative estimate of drug-likeness (QED) is 0.880. The van der Waals surface area contributed by atoms with E-state index in [1.807, 2.05) is 5.38 Å². The molecule has 1 aliphatic heterocycles. The van der Waals surface area contributed by atoms with Crippen molar-refractivity contribution >= 4 is 27.5 Å². The topological polar surface area (TPSA) is 76.0 Å². The Morgan fingerprint density at radius 2 is 2.45 bits per heavy atom. The molecule has 6 nitrogen and oxygen atoms in total. The Morgan fingerprint density at radius 3 is 3.27 bits per heavy atom. The summed E-state index contributed by atoms with van der Waals surface area (Å²) in [5.41, 5.74) is -0.0771. The van der Waals surface area contributed by atoms with Gasteiger partial charge >= 0.3 is 0 Å². The molecule has 2 aromatic rings. The van der Waals surface area contributed by atoms with Crippen molar-refractivity contribution in [1.29, 1.82) is 0 Å². The molecule has 0 aromatic carbocycles. The lowest BCUT2D eigenvalue weighted by Crippen LogP contribution is -2.50. The molecule has 1 amide bonds. The Bertz CT molecular complexity index is 724. The van der Waals surface area contributed by atoms with E-state index in [2.05, 4.69) is 22.5 Å². The molecule has 2 N–H and O–H groups in total. The zero-order chi connectivity index (χ0) is 15.5. The number of nitrogens with zero attached hydrogens (tertiary/aromatic N) is 2. The molecule has 0 aliphatic carbocycles. The zero-order valence-corrected chi connectivity index (χ0v) is 13.4. The number of hydrogen-bond acceptors (Lipinski definition) is 5. The van der Waals surface area contributed by atoms with Gasteiger partial charge in [-0.15, -0.1) is 11.3 Å². The first-order valence-electron chi connectivity index (χ1n) is 7.58. The summed E-state index contributed by atoms with van der Waals surface area (Å²) in [5.74, 6) is 0.467. The fraction of sp³-hybridized carbons (Fsp3) is 0.533. The van der Waals surface area contributed by atoms with Crippen LogP contribution in [0.2, 0.25) is 0 Å². The molecule has 1 fully saturated rings. The highest BCUT2D eigenvalue weighted by Gasteiger charge is 2.22. The third kappa shape index (κ3) is 3.20. The van der Waals surface area contributed by atoms with Crippen LogP contribution in [0.15, 0.2) is 22.6 Å². The van der Waals surface area contributed by atoms with Gasteiger partial charge in [0.15, 0.2) is 0 Å². The summed E-state index contributed by atoms with van der Waals surface area (Å²) in [6.45, 7) is 4.34. The van der Waals surface area contributed by atoms with Gasteiger partial charge in [0.1, 0.15) is 4.83 Å². The number of rotatable bonds is 4. The summed E-state index contributed by atoms with van der Waals surface area (Å²) in [5, 5.41) is 8.83. The summed E-state index contributed by atoms with van der Waals surface area (Å²) in [6, 6.07) is 1.96. The largest absolute Gasteiger partial charge is 0.352 e. The highest BCUT2D eigenvalue weighted by atomic mass is 32.1. The minimum absolute atomic E-state index is 0.0159. The third-order valence-electron chi connectivity index (χ3n) is 4.20. The molecule has 2 atom stereocenters. The maximum atomic E-state index is 12.2. The lowest BCUT2D eigenvalue weighted by atomic mass is 9.95. The van der Waals surface area contributed by atoms with E-state index in [-0.39, 0.29) is 17.5 Å². The van der Waals surface area contributed by atoms with Crippen LogP contribution < -0.4 is 16.2 Å². The molecule has 0 radical (unpaired) electrons. The molecule has 22 heavy (non-hydrogen) atoms. The number of aromatic nitrogens is 2. The number of nitrogens with one attached hydrogen (secondary N) is 2. The van der Waals surface area contributed by atoms with Crippen LogP contribution in [0.5, 0.6) is 0 Å². The van der Waals surface area contributed by atoms with E-state index in [0.717, 1.165) is 24.3 Å². The summed E-state index contributed by atoms with van der Waals surface area (Å²) >= 11 is 1.45. The first-order valence-corrected chi connectivity index (χ1v) is 8.46. The fourth-order valence-corrected chi connectivity index (χ4v) is 3.46. The molecule has 3 heterocycles. The SMILES string of the molecule is CC1CCNCC1NC(=O)CCn1cnc2sccc2c1=O. The molecular weight excluding hydrogens is 300 g/mol. The van der Waals surface area contributed by atoms with E-state index >= 15 is 0 Å². The number of fused-ring (bicyclic) bond motifs is 1. The Balaban J connectivity index is 1.60. The van der Waals surface area contributed by atoms with Crippen molar-refractivity contribution in [2.24, 2.45) is 5.92 Å². The third-order valence-corrected chi connectivity index (χ3v) is 5.02. The second-order valence-electron chi connectivity index (χ2n) is 5.78. The average Bonchev–Trinajstić information content (AvgIpc) is 2.98. The van der Waals surface area contributed by atoms with E-state index in [9.17, 15) is 9.59 Å². The maximum absolute atomic E-state index is 12.2. The minimum Gasteiger partial charge on any atom is -0.352 e. The number of carbonyl (C=O) groups excluding carboxylic acids is 1. The first kappa shape index (κ1) is 15.2. The van der Waals surface area contributed by atoms with Crippen molar-refractivity contribution in [3.8, 4) is 0 Å². The molecule has 2 aromatic heterocycles. The number of piperidine rings is 1. The molecular formula is C15H20N4O2S. The smallest absolute Gasteiger partial charge is 0.262 e. The number of carbonyl (C=O) groups is 1. The molecule has 2 unspecified atom stereocenters. The van der Waals surface area contributed by atoms with Crippen LogP contribution in [-0.4, -0.2) is 34.6 Å². The Labute approximate surface area is 132 Å². The molecule has 1 saturated heterocycles. The molecule has 0 bridgehead atoms. The summed E-state index contributed by atoms with van der Waals surface area (Å²) in [6.07, 6.45) is 2.89. The summed E-state index contributed by atoms with van der Waals surface area (Å²) < 4.78 is 1.51. The number of aryl methyl sites for hydroxylation is 1. The van der Waals surface area contributed by atoms with E-state index < -0.39 is 0 Å². The zero-order valence-electron chi connectivity index (χ0n) is 12.5. The lowest BCUT2D eigenvalue weighted by molar-refractivity contribution is -0.122. The summed E-state index contributed by atoms with van der Waals surface area (Å²) in [4.78, 5) is 29.3. The van der Waals surface area contributed by atoms with Crippen LogP contribution in [0.4, 0.5) is 0 Å². The van der Waals surface area contributed by atoms with Gasteiger partial charge in [-0.3, -0.25) is 14.2 Å². The van der Waals surface area contributed by atoms with Gasteiger partial charge in [0, 0.05) is 25.6 Å². The second-order valence-corrected chi connectivity index (χ2v) is 6.67. The van der Waals surface area contributed by atoms with Crippen LogP contribution in [0.3, 0.4) is 0 Å². The van der Waals surface area contributed by atoms with Gasteiger partial charge in [-0.05, 0) is 30.3 Å². The van der Waals surface area contributed by atoms with E-state index in [0.29, 0.717) is 24.3 Å². The van der Waals surface area contributed by atoms with Gasteiger partial charge in [-0.25, -0.2) is 4.98 Å². The maximum Gasteiger partial charge on any atom is 0.262 e. The Morgan fingerprint density at radius 1 is 1.59 bits per heavy atom. The monoisotopic (exact) mass is 320 g/mol. The van der Waals surface area contributed by atoms with Crippen LogP contribution in [0.25, 0.3) is 10.2 Å². The van der Waals surface area contributed by atoms with Crippen LogP contribution >= 0.6 is 11.3 Å². The number of hydrogen-bond donors (Lipinski definition) is 2. The Kier molecular flexibility index (Phi) is 4.54. The minimum atomic E-state index is -0.0771. The Hall–Kier alpha value is -1.73. The molecule has 118 valence electrons. The van der Waals surface area contributed by atoms with Crippen molar-refractivity contribution in [3.05, 3.63) is 28.1 Å². The lowest BCUT2D eigenvalue weighted by Gasteiger charge is -2.30. The number of thiophene rings is 1. The molecule has 0 spiro atoms. The van der Waals surface area contributed by atoms with Crippen LogP contribution in [0.1, 0.15) is 19.8 Å².